The van der Waals surface area contributed by atoms with E-state index in [1.807, 2.05) is 37.3 Å². The smallest absolute Gasteiger partial charge is 0.203 e. The highest BCUT2D eigenvalue weighted by Crippen LogP contribution is 2.25. The lowest BCUT2D eigenvalue weighted by Gasteiger charge is -2.09. The molecule has 1 aromatic rings. The van der Waals surface area contributed by atoms with Crippen LogP contribution in [-0.2, 0) is 9.84 Å². The Labute approximate surface area is 102 Å². The Bertz CT molecular complexity index is 605. The quantitative estimate of drug-likeness (QED) is 0.803. The van der Waals surface area contributed by atoms with Crippen molar-refractivity contribution in [3.8, 4) is 0 Å². The second kappa shape index (κ2) is 4.72. The van der Waals surface area contributed by atoms with Gasteiger partial charge in [0.15, 0.2) is 0 Å². The first kappa shape index (κ1) is 11.9. The maximum atomic E-state index is 12.4. The Hall–Kier alpha value is -1.61. The van der Waals surface area contributed by atoms with E-state index in [0.717, 1.165) is 5.56 Å². The molecular formula is C14H14O2S. The third-order valence-corrected chi connectivity index (χ3v) is 4.72. The SMILES string of the molecule is Cc1ccccc1S(=O)(=O)C1=CC=CC=CC1. The summed E-state index contributed by atoms with van der Waals surface area (Å²) >= 11 is 0. The van der Waals surface area contributed by atoms with Crippen LogP contribution in [0, 0.1) is 6.92 Å². The Morgan fingerprint density at radius 1 is 1.06 bits per heavy atom. The molecule has 0 saturated heterocycles. The van der Waals surface area contributed by atoms with Crippen LogP contribution in [0.2, 0.25) is 0 Å². The maximum absolute atomic E-state index is 12.4. The van der Waals surface area contributed by atoms with Crippen LogP contribution in [-0.4, -0.2) is 8.42 Å². The average Bonchev–Trinajstić information content (AvgIpc) is 2.58. The van der Waals surface area contributed by atoms with Gasteiger partial charge in [-0.25, -0.2) is 8.42 Å². The van der Waals surface area contributed by atoms with E-state index >= 15 is 0 Å². The van der Waals surface area contributed by atoms with Crippen LogP contribution in [0.5, 0.6) is 0 Å². The van der Waals surface area contributed by atoms with Crippen molar-refractivity contribution >= 4 is 9.84 Å². The van der Waals surface area contributed by atoms with Gasteiger partial charge >= 0.3 is 0 Å². The molecule has 0 spiro atoms. The first-order valence-electron chi connectivity index (χ1n) is 5.45. The zero-order valence-corrected chi connectivity index (χ0v) is 10.4. The normalized spacial score (nSPS) is 15.5. The van der Waals surface area contributed by atoms with Crippen molar-refractivity contribution in [2.45, 2.75) is 18.2 Å². The van der Waals surface area contributed by atoms with E-state index in [9.17, 15) is 8.42 Å². The van der Waals surface area contributed by atoms with Crippen molar-refractivity contribution < 1.29 is 8.42 Å². The molecular weight excluding hydrogens is 232 g/mol. The van der Waals surface area contributed by atoms with Gasteiger partial charge in [0.1, 0.15) is 0 Å². The fourth-order valence-electron chi connectivity index (χ4n) is 1.76. The van der Waals surface area contributed by atoms with E-state index in [1.165, 1.54) is 0 Å². The average molecular weight is 246 g/mol. The lowest BCUT2D eigenvalue weighted by molar-refractivity contribution is 0.600. The summed E-state index contributed by atoms with van der Waals surface area (Å²) in [5.74, 6) is 0. The van der Waals surface area contributed by atoms with Gasteiger partial charge in [0.05, 0.1) is 9.80 Å². The molecule has 88 valence electrons. The van der Waals surface area contributed by atoms with Gasteiger partial charge in [-0.2, -0.15) is 0 Å². The van der Waals surface area contributed by atoms with E-state index < -0.39 is 9.84 Å². The summed E-state index contributed by atoms with van der Waals surface area (Å²) in [4.78, 5) is 0.840. The molecule has 0 fully saturated rings. The molecule has 0 aromatic heterocycles. The van der Waals surface area contributed by atoms with Crippen LogP contribution < -0.4 is 0 Å². The highest BCUT2D eigenvalue weighted by Gasteiger charge is 2.21. The zero-order chi connectivity index (χ0) is 12.3. The molecule has 0 unspecified atom stereocenters. The molecule has 0 heterocycles. The van der Waals surface area contributed by atoms with Gasteiger partial charge < -0.3 is 0 Å². The first-order valence-corrected chi connectivity index (χ1v) is 6.94. The van der Waals surface area contributed by atoms with Crippen molar-refractivity contribution in [3.63, 3.8) is 0 Å². The number of rotatable bonds is 2. The topological polar surface area (TPSA) is 34.1 Å². The first-order chi connectivity index (χ1) is 8.12. The number of sulfone groups is 1. The molecule has 0 N–H and O–H groups in total. The highest BCUT2D eigenvalue weighted by atomic mass is 32.2. The van der Waals surface area contributed by atoms with Crippen LogP contribution in [0.1, 0.15) is 12.0 Å². The van der Waals surface area contributed by atoms with Crippen molar-refractivity contribution in [2.75, 3.05) is 0 Å². The van der Waals surface area contributed by atoms with E-state index in [2.05, 4.69) is 0 Å². The van der Waals surface area contributed by atoms with E-state index in [-0.39, 0.29) is 0 Å². The lowest BCUT2D eigenvalue weighted by Crippen LogP contribution is -2.06. The summed E-state index contributed by atoms with van der Waals surface area (Å²) in [6, 6.07) is 7.07. The van der Waals surface area contributed by atoms with Crippen LogP contribution in [0.3, 0.4) is 0 Å². The van der Waals surface area contributed by atoms with Gasteiger partial charge in [-0.3, -0.25) is 0 Å². The molecule has 0 saturated carbocycles. The largest absolute Gasteiger partial charge is 0.219 e. The van der Waals surface area contributed by atoms with Gasteiger partial charge in [-0.15, -0.1) is 0 Å². The molecule has 2 rings (SSSR count). The lowest BCUT2D eigenvalue weighted by atomic mass is 10.2. The van der Waals surface area contributed by atoms with Gasteiger partial charge in [0.2, 0.25) is 9.84 Å². The summed E-state index contributed by atoms with van der Waals surface area (Å²) in [5, 5.41) is 0. The molecule has 0 atom stereocenters. The minimum absolute atomic E-state index is 0.398. The van der Waals surface area contributed by atoms with Crippen molar-refractivity contribution in [1.82, 2.24) is 0 Å². The predicted molar refractivity (Wildman–Crippen MR) is 69.3 cm³/mol. The van der Waals surface area contributed by atoms with E-state index in [1.54, 1.807) is 24.3 Å². The zero-order valence-electron chi connectivity index (χ0n) is 9.63. The van der Waals surface area contributed by atoms with Crippen molar-refractivity contribution in [2.24, 2.45) is 0 Å². The molecule has 1 aliphatic rings. The Balaban J connectivity index is 2.51. The number of benzene rings is 1. The molecule has 0 bridgehead atoms. The summed E-state index contributed by atoms with van der Waals surface area (Å²) in [5.41, 5.74) is 0.783. The highest BCUT2D eigenvalue weighted by molar-refractivity contribution is 7.95. The van der Waals surface area contributed by atoms with Crippen molar-refractivity contribution in [1.29, 1.82) is 0 Å². The molecule has 3 heteroatoms. The minimum Gasteiger partial charge on any atom is -0.219 e. The van der Waals surface area contributed by atoms with Crippen LogP contribution >= 0.6 is 0 Å². The van der Waals surface area contributed by atoms with Crippen molar-refractivity contribution in [3.05, 3.63) is 65.1 Å². The summed E-state index contributed by atoms with van der Waals surface area (Å²) in [6.45, 7) is 1.82. The third-order valence-electron chi connectivity index (χ3n) is 2.69. The molecule has 1 aromatic carbocycles. The van der Waals surface area contributed by atoms with Gasteiger partial charge in [0, 0.05) is 6.42 Å². The van der Waals surface area contributed by atoms with Gasteiger partial charge in [0.25, 0.3) is 0 Å². The molecule has 0 radical (unpaired) electrons. The number of allylic oxidation sites excluding steroid dienone is 6. The standard InChI is InChI=1S/C14H14O2S/c1-12-8-6-7-11-14(12)17(15,16)13-9-4-2-3-5-10-13/h2-9,11H,10H2,1H3. The third kappa shape index (κ3) is 2.39. The van der Waals surface area contributed by atoms with Crippen LogP contribution in [0.4, 0.5) is 0 Å². The maximum Gasteiger partial charge on any atom is 0.203 e. The Kier molecular flexibility index (Phi) is 3.29. The number of aryl methyl sites for hydroxylation is 1. The molecule has 0 aliphatic heterocycles. The summed E-state index contributed by atoms with van der Waals surface area (Å²) < 4.78 is 24.8. The van der Waals surface area contributed by atoms with Crippen LogP contribution in [0.15, 0.2) is 64.4 Å². The second-order valence-corrected chi connectivity index (χ2v) is 5.89. The molecule has 17 heavy (non-hydrogen) atoms. The molecule has 0 amide bonds. The Morgan fingerprint density at radius 3 is 2.59 bits per heavy atom. The molecule has 1 aliphatic carbocycles. The molecule has 2 nitrogen and oxygen atoms in total. The summed E-state index contributed by atoms with van der Waals surface area (Å²) in [7, 11) is -3.36. The fourth-order valence-corrected chi connectivity index (χ4v) is 3.36. The van der Waals surface area contributed by atoms with Crippen LogP contribution in [0.25, 0.3) is 0 Å². The van der Waals surface area contributed by atoms with Gasteiger partial charge in [-0.05, 0) is 24.6 Å². The fraction of sp³-hybridized carbons (Fsp3) is 0.143. The monoisotopic (exact) mass is 246 g/mol. The van der Waals surface area contributed by atoms with Gasteiger partial charge in [-0.1, -0.05) is 42.5 Å². The number of hydrogen-bond acceptors (Lipinski definition) is 2. The summed E-state index contributed by atoms with van der Waals surface area (Å²) in [6.07, 6.45) is 9.42. The van der Waals surface area contributed by atoms with E-state index in [0.29, 0.717) is 16.2 Å². The second-order valence-electron chi connectivity index (χ2n) is 3.92. The number of hydrogen-bond donors (Lipinski definition) is 0. The minimum atomic E-state index is -3.36. The van der Waals surface area contributed by atoms with E-state index in [4.69, 9.17) is 0 Å². The Morgan fingerprint density at radius 2 is 1.82 bits per heavy atom. The predicted octanol–water partition coefficient (Wildman–Crippen LogP) is 3.17.